The van der Waals surface area contributed by atoms with Crippen molar-refractivity contribution in [3.63, 3.8) is 0 Å². The molecule has 3 rings (SSSR count). The quantitative estimate of drug-likeness (QED) is 0.857. The van der Waals surface area contributed by atoms with Crippen molar-refractivity contribution in [2.75, 3.05) is 13.2 Å². The summed E-state index contributed by atoms with van der Waals surface area (Å²) in [6.07, 6.45) is 3.57. The average molecular weight is 309 g/mol. The van der Waals surface area contributed by atoms with Crippen LogP contribution in [0.5, 0.6) is 5.75 Å². The molecule has 2 aromatic rings. The number of fused-ring (bicyclic) bond motifs is 1. The van der Waals surface area contributed by atoms with Gasteiger partial charge in [-0.2, -0.15) is 0 Å². The van der Waals surface area contributed by atoms with Gasteiger partial charge in [0.15, 0.2) is 0 Å². The van der Waals surface area contributed by atoms with Gasteiger partial charge in [0.05, 0.1) is 6.54 Å². The smallest absolute Gasteiger partial charge is 0.251 e. The van der Waals surface area contributed by atoms with E-state index in [-0.39, 0.29) is 5.91 Å². The Labute approximate surface area is 137 Å². The lowest BCUT2D eigenvalue weighted by Gasteiger charge is -2.10. The highest BCUT2D eigenvalue weighted by Crippen LogP contribution is 2.25. The highest BCUT2D eigenvalue weighted by molar-refractivity contribution is 5.94. The van der Waals surface area contributed by atoms with Crippen LogP contribution in [0.25, 0.3) is 0 Å². The molecule has 0 atom stereocenters. The lowest BCUT2D eigenvalue weighted by Crippen LogP contribution is -2.28. The maximum Gasteiger partial charge on any atom is 0.251 e. The summed E-state index contributed by atoms with van der Waals surface area (Å²) < 4.78 is 5.75. The number of rotatable bonds is 5. The highest BCUT2D eigenvalue weighted by Gasteiger charge is 2.11. The molecule has 0 saturated heterocycles. The van der Waals surface area contributed by atoms with Crippen LogP contribution in [0, 0.1) is 13.8 Å². The van der Waals surface area contributed by atoms with Gasteiger partial charge in [0.1, 0.15) is 12.4 Å². The van der Waals surface area contributed by atoms with Crippen molar-refractivity contribution >= 4 is 5.91 Å². The van der Waals surface area contributed by atoms with Crippen LogP contribution in [0.3, 0.4) is 0 Å². The van der Waals surface area contributed by atoms with Gasteiger partial charge in [-0.05, 0) is 79.6 Å². The van der Waals surface area contributed by atoms with Crippen LogP contribution >= 0.6 is 0 Å². The number of carbonyl (C=O) groups is 1. The summed E-state index contributed by atoms with van der Waals surface area (Å²) in [6, 6.07) is 12.1. The summed E-state index contributed by atoms with van der Waals surface area (Å²) in [5.74, 6) is 0.844. The van der Waals surface area contributed by atoms with Gasteiger partial charge in [-0.1, -0.05) is 12.1 Å². The van der Waals surface area contributed by atoms with Crippen molar-refractivity contribution in [1.82, 2.24) is 5.32 Å². The summed E-state index contributed by atoms with van der Waals surface area (Å²) in [5.41, 5.74) is 5.88. The molecule has 1 aliphatic carbocycles. The number of hydrogen-bond donors (Lipinski definition) is 1. The van der Waals surface area contributed by atoms with E-state index in [1.807, 2.05) is 38.1 Å². The van der Waals surface area contributed by atoms with E-state index in [4.69, 9.17) is 4.74 Å². The Kier molecular flexibility index (Phi) is 4.65. The predicted molar refractivity (Wildman–Crippen MR) is 92.2 cm³/mol. The van der Waals surface area contributed by atoms with Crippen LogP contribution in [0.4, 0.5) is 0 Å². The topological polar surface area (TPSA) is 38.3 Å². The van der Waals surface area contributed by atoms with Crippen molar-refractivity contribution in [2.45, 2.75) is 33.1 Å². The molecular weight excluding hydrogens is 286 g/mol. The van der Waals surface area contributed by atoms with E-state index in [1.165, 1.54) is 29.5 Å². The lowest BCUT2D eigenvalue weighted by molar-refractivity contribution is 0.0947. The molecule has 0 aromatic heterocycles. The summed E-state index contributed by atoms with van der Waals surface area (Å²) in [4.78, 5) is 12.1. The van der Waals surface area contributed by atoms with E-state index in [9.17, 15) is 4.79 Å². The molecule has 2 aromatic carbocycles. The summed E-state index contributed by atoms with van der Waals surface area (Å²) in [6.45, 7) is 5.04. The van der Waals surface area contributed by atoms with E-state index in [0.29, 0.717) is 18.7 Å². The standard InChI is InChI=1S/C20H23NO2/c1-14-6-7-18(12-15(14)2)20(22)21-10-11-23-19-9-8-16-4-3-5-17(16)13-19/h6-9,12-13H,3-5,10-11H2,1-2H3,(H,21,22). The van der Waals surface area contributed by atoms with Crippen molar-refractivity contribution in [2.24, 2.45) is 0 Å². The number of hydrogen-bond acceptors (Lipinski definition) is 2. The Hall–Kier alpha value is -2.29. The van der Waals surface area contributed by atoms with Gasteiger partial charge in [-0.15, -0.1) is 0 Å². The van der Waals surface area contributed by atoms with Gasteiger partial charge >= 0.3 is 0 Å². The molecule has 23 heavy (non-hydrogen) atoms. The third-order valence-corrected chi connectivity index (χ3v) is 4.50. The minimum Gasteiger partial charge on any atom is -0.492 e. The van der Waals surface area contributed by atoms with Crippen molar-refractivity contribution in [3.05, 3.63) is 64.2 Å². The van der Waals surface area contributed by atoms with Crippen LogP contribution in [0.15, 0.2) is 36.4 Å². The average Bonchev–Trinajstić information content (AvgIpc) is 3.01. The maximum absolute atomic E-state index is 12.1. The maximum atomic E-state index is 12.1. The fraction of sp³-hybridized carbons (Fsp3) is 0.350. The summed E-state index contributed by atoms with van der Waals surface area (Å²) in [7, 11) is 0. The molecule has 1 aliphatic rings. The zero-order valence-corrected chi connectivity index (χ0v) is 13.8. The molecule has 0 bridgehead atoms. The molecule has 1 amide bonds. The number of nitrogens with one attached hydrogen (secondary N) is 1. The van der Waals surface area contributed by atoms with E-state index < -0.39 is 0 Å². The number of ether oxygens (including phenoxy) is 1. The van der Waals surface area contributed by atoms with Gasteiger partial charge in [0.2, 0.25) is 0 Å². The second kappa shape index (κ2) is 6.86. The number of aryl methyl sites for hydroxylation is 4. The normalized spacial score (nSPS) is 12.8. The predicted octanol–water partition coefficient (Wildman–Crippen LogP) is 3.60. The fourth-order valence-corrected chi connectivity index (χ4v) is 2.96. The molecule has 120 valence electrons. The van der Waals surface area contributed by atoms with Crippen LogP contribution in [0.2, 0.25) is 0 Å². The van der Waals surface area contributed by atoms with E-state index in [1.54, 1.807) is 0 Å². The van der Waals surface area contributed by atoms with Crippen LogP contribution < -0.4 is 10.1 Å². The monoisotopic (exact) mass is 309 g/mol. The number of carbonyl (C=O) groups excluding carboxylic acids is 1. The largest absolute Gasteiger partial charge is 0.492 e. The van der Waals surface area contributed by atoms with Gasteiger partial charge in [-0.25, -0.2) is 0 Å². The first-order valence-corrected chi connectivity index (χ1v) is 8.23. The van der Waals surface area contributed by atoms with Crippen LogP contribution in [-0.2, 0) is 12.8 Å². The summed E-state index contributed by atoms with van der Waals surface area (Å²) in [5, 5.41) is 2.90. The third kappa shape index (κ3) is 3.73. The van der Waals surface area contributed by atoms with Crippen molar-refractivity contribution in [1.29, 1.82) is 0 Å². The SMILES string of the molecule is Cc1ccc(C(=O)NCCOc2ccc3c(c2)CCC3)cc1C. The Bertz CT molecular complexity index is 722. The molecule has 3 nitrogen and oxygen atoms in total. The number of benzene rings is 2. The van der Waals surface area contributed by atoms with Crippen LogP contribution in [0.1, 0.15) is 39.0 Å². The second-order valence-electron chi connectivity index (χ2n) is 6.19. The molecular formula is C20H23NO2. The van der Waals surface area contributed by atoms with Crippen molar-refractivity contribution < 1.29 is 9.53 Å². The zero-order valence-electron chi connectivity index (χ0n) is 13.8. The van der Waals surface area contributed by atoms with Gasteiger partial charge in [-0.3, -0.25) is 4.79 Å². The molecule has 3 heteroatoms. The third-order valence-electron chi connectivity index (χ3n) is 4.50. The van der Waals surface area contributed by atoms with Gasteiger partial charge in [0.25, 0.3) is 5.91 Å². The van der Waals surface area contributed by atoms with Gasteiger partial charge in [0, 0.05) is 5.56 Å². The Balaban J connectivity index is 1.47. The second-order valence-corrected chi connectivity index (χ2v) is 6.19. The Morgan fingerprint density at radius 1 is 1.04 bits per heavy atom. The molecule has 1 N–H and O–H groups in total. The van der Waals surface area contributed by atoms with E-state index in [0.717, 1.165) is 17.7 Å². The highest BCUT2D eigenvalue weighted by atomic mass is 16.5. The first kappa shape index (κ1) is 15.6. The minimum absolute atomic E-state index is 0.0503. The van der Waals surface area contributed by atoms with Crippen LogP contribution in [-0.4, -0.2) is 19.1 Å². The first-order chi connectivity index (χ1) is 11.1. The first-order valence-electron chi connectivity index (χ1n) is 8.23. The zero-order chi connectivity index (χ0) is 16.2. The Morgan fingerprint density at radius 3 is 2.70 bits per heavy atom. The Morgan fingerprint density at radius 2 is 1.87 bits per heavy atom. The minimum atomic E-state index is -0.0503. The molecule has 0 spiro atoms. The molecule has 0 unspecified atom stereocenters. The van der Waals surface area contributed by atoms with Crippen molar-refractivity contribution in [3.8, 4) is 5.75 Å². The molecule has 0 fully saturated rings. The summed E-state index contributed by atoms with van der Waals surface area (Å²) >= 11 is 0. The molecule has 0 aliphatic heterocycles. The molecule has 0 radical (unpaired) electrons. The molecule has 0 saturated carbocycles. The van der Waals surface area contributed by atoms with Gasteiger partial charge < -0.3 is 10.1 Å². The molecule has 0 heterocycles. The van der Waals surface area contributed by atoms with E-state index >= 15 is 0 Å². The van der Waals surface area contributed by atoms with E-state index in [2.05, 4.69) is 17.4 Å². The fourth-order valence-electron chi connectivity index (χ4n) is 2.96. The number of amides is 1. The lowest BCUT2D eigenvalue weighted by atomic mass is 10.1.